The van der Waals surface area contributed by atoms with Crippen LogP contribution < -0.4 is 5.32 Å². The van der Waals surface area contributed by atoms with Gasteiger partial charge >= 0.3 is 0 Å². The Bertz CT molecular complexity index is 695. The van der Waals surface area contributed by atoms with E-state index >= 15 is 0 Å². The Labute approximate surface area is 123 Å². The monoisotopic (exact) mass is 307 g/mol. The zero-order valence-electron chi connectivity index (χ0n) is 11.7. The van der Waals surface area contributed by atoms with E-state index in [0.717, 1.165) is 17.1 Å². The molecule has 3 rings (SSSR count). The van der Waals surface area contributed by atoms with Gasteiger partial charge in [0.25, 0.3) is 10.0 Å². The second-order valence-electron chi connectivity index (χ2n) is 5.46. The molecule has 1 N–H and O–H groups in total. The first-order valence-corrected chi connectivity index (χ1v) is 8.37. The van der Waals surface area contributed by atoms with Crippen molar-refractivity contribution in [1.29, 1.82) is 0 Å². The quantitative estimate of drug-likeness (QED) is 0.909. The molecule has 6 nitrogen and oxygen atoms in total. The maximum absolute atomic E-state index is 12.4. The molecule has 1 aromatic carbocycles. The molecule has 1 aromatic rings. The number of amides is 1. The Morgan fingerprint density at radius 3 is 2.86 bits per heavy atom. The lowest BCUT2D eigenvalue weighted by molar-refractivity contribution is -0.121. The lowest BCUT2D eigenvalue weighted by Gasteiger charge is -2.24. The van der Waals surface area contributed by atoms with Crippen molar-refractivity contribution in [2.75, 3.05) is 6.54 Å². The SMILES string of the molecule is C[C@@H](NC(=O)CN1C=Nc2ccccc2S1(=O)=O)C1CC1. The van der Waals surface area contributed by atoms with Crippen molar-refractivity contribution < 1.29 is 13.2 Å². The van der Waals surface area contributed by atoms with Crippen LogP contribution in [0.1, 0.15) is 19.8 Å². The maximum atomic E-state index is 12.4. The van der Waals surface area contributed by atoms with E-state index < -0.39 is 10.0 Å². The highest BCUT2D eigenvalue weighted by Crippen LogP contribution is 2.32. The predicted molar refractivity (Wildman–Crippen MR) is 78.8 cm³/mol. The highest BCUT2D eigenvalue weighted by Gasteiger charge is 2.32. The van der Waals surface area contributed by atoms with E-state index in [1.54, 1.807) is 18.2 Å². The van der Waals surface area contributed by atoms with Gasteiger partial charge in [-0.2, -0.15) is 0 Å². The second-order valence-corrected chi connectivity index (χ2v) is 7.32. The van der Waals surface area contributed by atoms with Crippen molar-refractivity contribution in [3.05, 3.63) is 24.3 Å². The summed E-state index contributed by atoms with van der Waals surface area (Å²) in [4.78, 5) is 16.2. The van der Waals surface area contributed by atoms with Gasteiger partial charge in [0.2, 0.25) is 5.91 Å². The Kier molecular flexibility index (Phi) is 3.44. The van der Waals surface area contributed by atoms with Crippen LogP contribution in [0.25, 0.3) is 0 Å². The summed E-state index contributed by atoms with van der Waals surface area (Å²) in [7, 11) is -3.70. The first-order chi connectivity index (χ1) is 9.98. The smallest absolute Gasteiger partial charge is 0.267 e. The van der Waals surface area contributed by atoms with Crippen LogP contribution in [0.5, 0.6) is 0 Å². The molecule has 0 bridgehead atoms. The average molecular weight is 307 g/mol. The standard InChI is InChI=1S/C14H17N3O3S/c1-10(11-6-7-11)16-14(18)8-17-9-15-12-4-2-3-5-13(12)21(17,19)20/h2-5,9-11H,6-8H2,1H3,(H,16,18)/t10-/m1/s1. The van der Waals surface area contributed by atoms with E-state index in [4.69, 9.17) is 0 Å². The molecule has 7 heteroatoms. The van der Waals surface area contributed by atoms with Gasteiger partial charge < -0.3 is 5.32 Å². The van der Waals surface area contributed by atoms with Crippen LogP contribution in [0.2, 0.25) is 0 Å². The molecule has 0 spiro atoms. The summed E-state index contributed by atoms with van der Waals surface area (Å²) in [6, 6.07) is 6.60. The molecule has 1 saturated carbocycles. The highest BCUT2D eigenvalue weighted by molar-refractivity contribution is 7.89. The minimum atomic E-state index is -3.70. The summed E-state index contributed by atoms with van der Waals surface area (Å²) in [5, 5.41) is 2.84. The molecule has 21 heavy (non-hydrogen) atoms. The fourth-order valence-electron chi connectivity index (χ4n) is 2.38. The lowest BCUT2D eigenvalue weighted by Crippen LogP contribution is -2.44. The number of fused-ring (bicyclic) bond motifs is 1. The summed E-state index contributed by atoms with van der Waals surface area (Å²) in [5.74, 6) is 0.227. The zero-order valence-corrected chi connectivity index (χ0v) is 12.5. The Morgan fingerprint density at radius 1 is 1.43 bits per heavy atom. The number of nitrogens with zero attached hydrogens (tertiary/aromatic N) is 2. The average Bonchev–Trinajstić information content (AvgIpc) is 3.27. The molecular formula is C14H17N3O3S. The molecule has 2 aliphatic rings. The molecule has 112 valence electrons. The van der Waals surface area contributed by atoms with Gasteiger partial charge in [-0.05, 0) is 37.8 Å². The van der Waals surface area contributed by atoms with Gasteiger partial charge in [-0.15, -0.1) is 0 Å². The van der Waals surface area contributed by atoms with Crippen LogP contribution in [0.4, 0.5) is 5.69 Å². The van der Waals surface area contributed by atoms with Crippen LogP contribution in [0, 0.1) is 5.92 Å². The number of nitrogens with one attached hydrogen (secondary N) is 1. The molecule has 1 amide bonds. The third-order valence-corrected chi connectivity index (χ3v) is 5.54. The van der Waals surface area contributed by atoms with Gasteiger partial charge in [0.1, 0.15) is 17.8 Å². The van der Waals surface area contributed by atoms with Crippen molar-refractivity contribution >= 4 is 28.0 Å². The van der Waals surface area contributed by atoms with Crippen molar-refractivity contribution in [2.45, 2.75) is 30.7 Å². The molecule has 1 heterocycles. The summed E-state index contributed by atoms with van der Waals surface area (Å²) >= 11 is 0. The van der Waals surface area contributed by atoms with Gasteiger partial charge in [-0.1, -0.05) is 12.1 Å². The van der Waals surface area contributed by atoms with E-state index in [1.807, 2.05) is 6.92 Å². The van der Waals surface area contributed by atoms with Crippen molar-refractivity contribution in [3.8, 4) is 0 Å². The summed E-state index contributed by atoms with van der Waals surface area (Å²) in [6.45, 7) is 1.71. The number of aliphatic imine (C=N–C) groups is 1. The maximum Gasteiger partial charge on any atom is 0.267 e. The highest BCUT2D eigenvalue weighted by atomic mass is 32.2. The molecule has 1 fully saturated rings. The molecule has 1 atom stereocenters. The molecule has 1 aliphatic carbocycles. The minimum absolute atomic E-state index is 0.0919. The summed E-state index contributed by atoms with van der Waals surface area (Å²) < 4.78 is 25.8. The molecule has 0 aromatic heterocycles. The second kappa shape index (κ2) is 5.14. The first-order valence-electron chi connectivity index (χ1n) is 6.93. The van der Waals surface area contributed by atoms with E-state index in [0.29, 0.717) is 11.6 Å². The van der Waals surface area contributed by atoms with E-state index in [2.05, 4.69) is 10.3 Å². The van der Waals surface area contributed by atoms with Gasteiger partial charge in [-0.25, -0.2) is 17.7 Å². The normalized spacial score (nSPS) is 20.7. The van der Waals surface area contributed by atoms with Crippen molar-refractivity contribution in [3.63, 3.8) is 0 Å². The topological polar surface area (TPSA) is 78.8 Å². The van der Waals surface area contributed by atoms with Crippen LogP contribution >= 0.6 is 0 Å². The van der Waals surface area contributed by atoms with Crippen LogP contribution in [0.15, 0.2) is 34.2 Å². The number of hydrogen-bond donors (Lipinski definition) is 1. The Morgan fingerprint density at radius 2 is 2.14 bits per heavy atom. The van der Waals surface area contributed by atoms with E-state index in [1.165, 1.54) is 12.4 Å². The van der Waals surface area contributed by atoms with Crippen LogP contribution in [-0.2, 0) is 14.8 Å². The molecule has 0 unspecified atom stereocenters. The summed E-state index contributed by atoms with van der Waals surface area (Å²) in [6.07, 6.45) is 3.45. The third-order valence-electron chi connectivity index (χ3n) is 3.79. The third kappa shape index (κ3) is 2.78. The molecular weight excluding hydrogens is 290 g/mol. The summed E-state index contributed by atoms with van der Waals surface area (Å²) in [5.41, 5.74) is 0.403. The number of carbonyl (C=O) groups excluding carboxylic acids is 1. The first kappa shape index (κ1) is 14.1. The van der Waals surface area contributed by atoms with Gasteiger partial charge in [0.05, 0.1) is 5.69 Å². The molecule has 0 radical (unpaired) electrons. The van der Waals surface area contributed by atoms with Crippen molar-refractivity contribution in [2.24, 2.45) is 10.9 Å². The number of sulfonamides is 1. The van der Waals surface area contributed by atoms with Crippen LogP contribution in [0.3, 0.4) is 0 Å². The fourth-order valence-corrected chi connectivity index (χ4v) is 3.72. The minimum Gasteiger partial charge on any atom is -0.352 e. The van der Waals surface area contributed by atoms with E-state index in [-0.39, 0.29) is 23.4 Å². The number of hydrogen-bond acceptors (Lipinski definition) is 4. The fraction of sp³-hybridized carbons (Fsp3) is 0.429. The molecule has 1 aliphatic heterocycles. The number of para-hydroxylation sites is 1. The lowest BCUT2D eigenvalue weighted by atomic mass is 10.2. The Hall–Kier alpha value is -1.89. The Balaban J connectivity index is 1.73. The van der Waals surface area contributed by atoms with Gasteiger partial charge in [0, 0.05) is 6.04 Å². The predicted octanol–water partition coefficient (Wildman–Crippen LogP) is 1.27. The zero-order chi connectivity index (χ0) is 15.0. The number of rotatable bonds is 4. The van der Waals surface area contributed by atoms with E-state index in [9.17, 15) is 13.2 Å². The molecule has 0 saturated heterocycles. The largest absolute Gasteiger partial charge is 0.352 e. The van der Waals surface area contributed by atoms with Crippen molar-refractivity contribution in [1.82, 2.24) is 9.62 Å². The van der Waals surface area contributed by atoms with Gasteiger partial charge in [0.15, 0.2) is 0 Å². The van der Waals surface area contributed by atoms with Crippen LogP contribution in [-0.4, -0.2) is 37.6 Å². The van der Waals surface area contributed by atoms with Gasteiger partial charge in [-0.3, -0.25) is 4.79 Å². The number of benzene rings is 1. The number of carbonyl (C=O) groups is 1.